The molecule has 0 aromatic rings. The lowest BCUT2D eigenvalue weighted by Gasteiger charge is -2.39. The van der Waals surface area contributed by atoms with Crippen LogP contribution < -0.4 is 0 Å². The molecule has 0 aliphatic heterocycles. The Morgan fingerprint density at radius 3 is 2.00 bits per heavy atom. The SMILES string of the molecule is CCC[N+](C)(C)C(C)N(C)C. The van der Waals surface area contributed by atoms with Crippen molar-refractivity contribution in [3.05, 3.63) is 0 Å². The van der Waals surface area contributed by atoms with E-state index in [1.54, 1.807) is 0 Å². The number of hydrogen-bond acceptors (Lipinski definition) is 1. The molecule has 2 nitrogen and oxygen atoms in total. The number of hydrogen-bond donors (Lipinski definition) is 0. The highest BCUT2D eigenvalue weighted by Gasteiger charge is 2.23. The molecule has 0 spiro atoms. The molecular formula is C9H23N2+. The van der Waals surface area contributed by atoms with E-state index in [1.165, 1.54) is 13.0 Å². The van der Waals surface area contributed by atoms with Crippen LogP contribution >= 0.6 is 0 Å². The predicted octanol–water partition coefficient (Wildman–Crippen LogP) is 1.38. The van der Waals surface area contributed by atoms with Crippen LogP contribution in [0.2, 0.25) is 0 Å². The average Bonchev–Trinajstić information content (AvgIpc) is 1.86. The van der Waals surface area contributed by atoms with Gasteiger partial charge in [-0.2, -0.15) is 0 Å². The van der Waals surface area contributed by atoms with Gasteiger partial charge >= 0.3 is 0 Å². The Morgan fingerprint density at radius 1 is 1.27 bits per heavy atom. The molecule has 0 aromatic heterocycles. The Kier molecular flexibility index (Phi) is 4.04. The highest BCUT2D eigenvalue weighted by Crippen LogP contribution is 2.08. The molecule has 68 valence electrons. The minimum atomic E-state index is 0.606. The van der Waals surface area contributed by atoms with Crippen molar-refractivity contribution in [1.29, 1.82) is 0 Å². The Bertz CT molecular complexity index is 108. The summed E-state index contributed by atoms with van der Waals surface area (Å²) in [5.74, 6) is 0. The monoisotopic (exact) mass is 159 g/mol. The fraction of sp³-hybridized carbons (Fsp3) is 1.00. The minimum absolute atomic E-state index is 0.606. The van der Waals surface area contributed by atoms with Gasteiger partial charge in [-0.3, -0.25) is 4.90 Å². The van der Waals surface area contributed by atoms with E-state index in [9.17, 15) is 0 Å². The van der Waals surface area contributed by atoms with Gasteiger partial charge in [0, 0.05) is 6.92 Å². The molecule has 0 saturated carbocycles. The van der Waals surface area contributed by atoms with E-state index >= 15 is 0 Å². The zero-order valence-electron chi connectivity index (χ0n) is 8.89. The molecule has 1 unspecified atom stereocenters. The van der Waals surface area contributed by atoms with Gasteiger partial charge in [-0.05, 0) is 20.5 Å². The topological polar surface area (TPSA) is 3.24 Å². The quantitative estimate of drug-likeness (QED) is 0.442. The second kappa shape index (κ2) is 4.07. The van der Waals surface area contributed by atoms with E-state index in [0.717, 1.165) is 4.48 Å². The molecule has 0 aliphatic rings. The molecule has 11 heavy (non-hydrogen) atoms. The molecule has 0 rings (SSSR count). The fourth-order valence-electron chi connectivity index (χ4n) is 1.39. The summed E-state index contributed by atoms with van der Waals surface area (Å²) in [6.07, 6.45) is 1.86. The van der Waals surface area contributed by atoms with Crippen LogP contribution in [-0.2, 0) is 0 Å². The first-order valence-corrected chi connectivity index (χ1v) is 4.41. The summed E-state index contributed by atoms with van der Waals surface area (Å²) in [5, 5.41) is 0. The Morgan fingerprint density at radius 2 is 1.73 bits per heavy atom. The maximum absolute atomic E-state index is 2.29. The van der Waals surface area contributed by atoms with Gasteiger partial charge in [-0.1, -0.05) is 6.92 Å². The van der Waals surface area contributed by atoms with E-state index in [-0.39, 0.29) is 0 Å². The summed E-state index contributed by atoms with van der Waals surface area (Å²) in [5.41, 5.74) is 0. The van der Waals surface area contributed by atoms with Crippen molar-refractivity contribution >= 4 is 0 Å². The summed E-state index contributed by atoms with van der Waals surface area (Å²) in [6, 6.07) is 0. The molecule has 0 fully saturated rings. The first-order chi connectivity index (χ1) is 4.91. The van der Waals surface area contributed by atoms with E-state index in [0.29, 0.717) is 6.17 Å². The lowest BCUT2D eigenvalue weighted by Crippen LogP contribution is -2.54. The molecule has 0 bridgehead atoms. The van der Waals surface area contributed by atoms with Crippen molar-refractivity contribution < 1.29 is 4.48 Å². The van der Waals surface area contributed by atoms with Crippen LogP contribution in [0.1, 0.15) is 20.3 Å². The predicted molar refractivity (Wildman–Crippen MR) is 50.4 cm³/mol. The van der Waals surface area contributed by atoms with Gasteiger partial charge in [-0.15, -0.1) is 0 Å². The van der Waals surface area contributed by atoms with Crippen LogP contribution in [0.4, 0.5) is 0 Å². The minimum Gasteiger partial charge on any atom is -0.314 e. The summed E-state index contributed by atoms with van der Waals surface area (Å²) in [4.78, 5) is 2.27. The van der Waals surface area contributed by atoms with Gasteiger partial charge in [-0.25, -0.2) is 0 Å². The Labute approximate surface area is 71.4 Å². The first kappa shape index (κ1) is 10.9. The van der Waals surface area contributed by atoms with E-state index in [1.807, 2.05) is 0 Å². The van der Waals surface area contributed by atoms with Crippen molar-refractivity contribution in [3.63, 3.8) is 0 Å². The molecule has 0 aliphatic carbocycles. The van der Waals surface area contributed by atoms with Crippen LogP contribution in [0.15, 0.2) is 0 Å². The molecule has 0 amide bonds. The van der Waals surface area contributed by atoms with E-state index in [4.69, 9.17) is 0 Å². The fourth-order valence-corrected chi connectivity index (χ4v) is 1.39. The number of quaternary nitrogens is 1. The Balaban J connectivity index is 4.05. The first-order valence-electron chi connectivity index (χ1n) is 4.41. The van der Waals surface area contributed by atoms with Gasteiger partial charge in [0.15, 0.2) is 0 Å². The van der Waals surface area contributed by atoms with Gasteiger partial charge in [0.1, 0.15) is 6.17 Å². The normalized spacial score (nSPS) is 15.5. The average molecular weight is 159 g/mol. The summed E-state index contributed by atoms with van der Waals surface area (Å²) < 4.78 is 1.09. The Hall–Kier alpha value is -0.0800. The van der Waals surface area contributed by atoms with Crippen LogP contribution in [0.25, 0.3) is 0 Å². The van der Waals surface area contributed by atoms with E-state index < -0.39 is 0 Å². The second-order valence-corrected chi connectivity index (χ2v) is 4.10. The number of rotatable bonds is 4. The van der Waals surface area contributed by atoms with E-state index in [2.05, 4.69) is 46.9 Å². The van der Waals surface area contributed by atoms with Crippen LogP contribution in [-0.4, -0.2) is 50.3 Å². The van der Waals surface area contributed by atoms with Gasteiger partial charge in [0.2, 0.25) is 0 Å². The molecule has 0 heterocycles. The molecule has 0 radical (unpaired) electrons. The third-order valence-electron chi connectivity index (χ3n) is 2.56. The van der Waals surface area contributed by atoms with Gasteiger partial charge in [0.25, 0.3) is 0 Å². The zero-order valence-corrected chi connectivity index (χ0v) is 8.89. The van der Waals surface area contributed by atoms with Crippen LogP contribution in [0, 0.1) is 0 Å². The highest BCUT2D eigenvalue weighted by molar-refractivity contribution is 4.45. The zero-order chi connectivity index (χ0) is 9.07. The largest absolute Gasteiger partial charge is 0.314 e. The molecule has 0 aromatic carbocycles. The summed E-state index contributed by atoms with van der Waals surface area (Å²) in [7, 11) is 8.85. The third kappa shape index (κ3) is 3.21. The molecule has 1 atom stereocenters. The lowest BCUT2D eigenvalue weighted by molar-refractivity contribution is -0.924. The van der Waals surface area contributed by atoms with Crippen molar-refractivity contribution in [1.82, 2.24) is 4.90 Å². The van der Waals surface area contributed by atoms with Gasteiger partial charge < -0.3 is 4.48 Å². The molecule has 2 heteroatoms. The smallest absolute Gasteiger partial charge is 0.141 e. The standard InChI is InChI=1S/C9H23N2/c1-7-8-11(5,6)9(2)10(3)4/h9H,7-8H2,1-6H3/q+1. The van der Waals surface area contributed by atoms with Crippen LogP contribution in [0.3, 0.4) is 0 Å². The highest BCUT2D eigenvalue weighted by atomic mass is 15.4. The maximum atomic E-state index is 2.29. The third-order valence-corrected chi connectivity index (χ3v) is 2.56. The van der Waals surface area contributed by atoms with Crippen molar-refractivity contribution in [2.75, 3.05) is 34.7 Å². The van der Waals surface area contributed by atoms with Gasteiger partial charge in [0.05, 0.1) is 20.6 Å². The maximum Gasteiger partial charge on any atom is 0.141 e. The summed E-state index contributed by atoms with van der Waals surface area (Å²) >= 11 is 0. The van der Waals surface area contributed by atoms with Crippen molar-refractivity contribution in [3.8, 4) is 0 Å². The molecule has 0 saturated heterocycles. The summed E-state index contributed by atoms with van der Waals surface area (Å²) in [6.45, 7) is 5.76. The number of nitrogens with zero attached hydrogens (tertiary/aromatic N) is 2. The molecular weight excluding hydrogens is 136 g/mol. The van der Waals surface area contributed by atoms with Crippen molar-refractivity contribution in [2.45, 2.75) is 26.4 Å². The lowest BCUT2D eigenvalue weighted by atomic mass is 10.3. The van der Waals surface area contributed by atoms with Crippen molar-refractivity contribution in [2.24, 2.45) is 0 Å². The molecule has 0 N–H and O–H groups in total. The van der Waals surface area contributed by atoms with Crippen LogP contribution in [0.5, 0.6) is 0 Å². The second-order valence-electron chi connectivity index (χ2n) is 4.10.